The van der Waals surface area contributed by atoms with Crippen LogP contribution < -0.4 is 15.2 Å². The lowest BCUT2D eigenvalue weighted by Crippen LogP contribution is -2.27. The minimum Gasteiger partial charge on any atom is -0.494 e. The molecule has 0 atom stereocenters. The highest BCUT2D eigenvalue weighted by atomic mass is 16.5. The van der Waals surface area contributed by atoms with E-state index >= 15 is 0 Å². The van der Waals surface area contributed by atoms with Gasteiger partial charge in [0.1, 0.15) is 11.5 Å². The quantitative estimate of drug-likeness (QED) is 0.797. The number of nitrogens with zero attached hydrogens (tertiary/aromatic N) is 1. The molecule has 6 heteroatoms. The molecule has 2 N–H and O–H groups in total. The molecule has 0 unspecified atom stereocenters. The van der Waals surface area contributed by atoms with Crippen LogP contribution in [0, 0.1) is 0 Å². The number of carbonyl (C=O) groups excluding carboxylic acids is 2. The number of hydrogen-bond acceptors (Lipinski definition) is 4. The Bertz CT molecular complexity index is 728. The van der Waals surface area contributed by atoms with Gasteiger partial charge in [-0.15, -0.1) is 0 Å². The highest BCUT2D eigenvalue weighted by molar-refractivity contribution is 5.96. The summed E-state index contributed by atoms with van der Waals surface area (Å²) in [6.07, 6.45) is 0. The summed E-state index contributed by atoms with van der Waals surface area (Å²) in [4.78, 5) is 25.2. The second-order valence-electron chi connectivity index (χ2n) is 5.49. The molecule has 0 fully saturated rings. The first-order valence-corrected chi connectivity index (χ1v) is 7.98. The van der Waals surface area contributed by atoms with E-state index in [0.717, 1.165) is 11.3 Å². The van der Waals surface area contributed by atoms with Gasteiger partial charge in [0.05, 0.1) is 12.2 Å². The number of ether oxygens (including phenoxy) is 2. The highest BCUT2D eigenvalue weighted by Crippen LogP contribution is 2.21. The largest absolute Gasteiger partial charge is 0.494 e. The molecule has 0 bridgehead atoms. The molecule has 0 aliphatic rings. The lowest BCUT2D eigenvalue weighted by atomic mass is 10.1. The zero-order valence-corrected chi connectivity index (χ0v) is 14.4. The molecule has 132 valence electrons. The minimum atomic E-state index is -0.593. The normalized spacial score (nSPS) is 10.2. The first kappa shape index (κ1) is 18.3. The van der Waals surface area contributed by atoms with Gasteiger partial charge in [0.15, 0.2) is 6.61 Å². The van der Waals surface area contributed by atoms with E-state index in [9.17, 15) is 9.59 Å². The fourth-order valence-corrected chi connectivity index (χ4v) is 2.33. The van der Waals surface area contributed by atoms with Crippen molar-refractivity contribution in [3.63, 3.8) is 0 Å². The number of nitrogens with two attached hydrogens (primary N) is 1. The molecule has 0 saturated carbocycles. The first-order chi connectivity index (χ1) is 12.0. The van der Waals surface area contributed by atoms with Gasteiger partial charge < -0.3 is 20.1 Å². The molecule has 2 aromatic rings. The summed E-state index contributed by atoms with van der Waals surface area (Å²) < 4.78 is 10.7. The van der Waals surface area contributed by atoms with Crippen LogP contribution in [-0.4, -0.2) is 37.0 Å². The van der Waals surface area contributed by atoms with Crippen molar-refractivity contribution in [2.75, 3.05) is 20.3 Å². The standard InChI is InChI=1S/C19H22N2O4/c1-3-24-15-10-8-14(9-11-15)12-21(2)19(23)16-6-4-5-7-17(16)25-13-18(20)22/h4-11H,3,12-13H2,1-2H3,(H2,20,22). The Morgan fingerprint density at radius 1 is 1.04 bits per heavy atom. The monoisotopic (exact) mass is 342 g/mol. The number of primary amides is 1. The second kappa shape index (κ2) is 8.73. The van der Waals surface area contributed by atoms with Gasteiger partial charge in [-0.3, -0.25) is 9.59 Å². The van der Waals surface area contributed by atoms with Crippen LogP contribution in [-0.2, 0) is 11.3 Å². The Morgan fingerprint density at radius 2 is 1.72 bits per heavy atom. The average molecular weight is 342 g/mol. The Labute approximate surface area is 147 Å². The molecule has 2 rings (SSSR count). The number of hydrogen-bond donors (Lipinski definition) is 1. The van der Waals surface area contributed by atoms with Gasteiger partial charge in [-0.25, -0.2) is 0 Å². The molecular formula is C19H22N2O4. The maximum absolute atomic E-state index is 12.7. The van der Waals surface area contributed by atoms with E-state index in [4.69, 9.17) is 15.2 Å². The van der Waals surface area contributed by atoms with E-state index in [0.29, 0.717) is 24.5 Å². The number of carbonyl (C=O) groups is 2. The van der Waals surface area contributed by atoms with E-state index in [2.05, 4.69) is 0 Å². The van der Waals surface area contributed by atoms with E-state index in [1.807, 2.05) is 31.2 Å². The Morgan fingerprint density at radius 3 is 2.36 bits per heavy atom. The third kappa shape index (κ3) is 5.24. The van der Waals surface area contributed by atoms with Crippen LogP contribution >= 0.6 is 0 Å². The third-order valence-corrected chi connectivity index (χ3v) is 3.49. The second-order valence-corrected chi connectivity index (χ2v) is 5.49. The van der Waals surface area contributed by atoms with Crippen molar-refractivity contribution in [3.05, 3.63) is 59.7 Å². The van der Waals surface area contributed by atoms with E-state index < -0.39 is 5.91 Å². The van der Waals surface area contributed by atoms with Crippen molar-refractivity contribution >= 4 is 11.8 Å². The molecule has 0 spiro atoms. The smallest absolute Gasteiger partial charge is 0.257 e. The van der Waals surface area contributed by atoms with Gasteiger partial charge in [0.25, 0.3) is 11.8 Å². The predicted molar refractivity (Wildman–Crippen MR) is 94.5 cm³/mol. The van der Waals surface area contributed by atoms with Crippen LogP contribution in [0.4, 0.5) is 0 Å². The van der Waals surface area contributed by atoms with Crippen LogP contribution in [0.5, 0.6) is 11.5 Å². The van der Waals surface area contributed by atoms with Gasteiger partial charge in [-0.1, -0.05) is 24.3 Å². The topological polar surface area (TPSA) is 81.9 Å². The van der Waals surface area contributed by atoms with Crippen LogP contribution in [0.1, 0.15) is 22.8 Å². The molecule has 0 aliphatic heterocycles. The molecule has 2 aromatic carbocycles. The minimum absolute atomic E-state index is 0.200. The van der Waals surface area contributed by atoms with Gasteiger partial charge in [-0.2, -0.15) is 0 Å². The zero-order chi connectivity index (χ0) is 18.2. The Kier molecular flexibility index (Phi) is 6.39. The fraction of sp³-hybridized carbons (Fsp3) is 0.263. The predicted octanol–water partition coefficient (Wildman–Crippen LogP) is 2.22. The van der Waals surface area contributed by atoms with Crippen molar-refractivity contribution in [2.45, 2.75) is 13.5 Å². The summed E-state index contributed by atoms with van der Waals surface area (Å²) in [6, 6.07) is 14.4. The number of rotatable bonds is 8. The maximum Gasteiger partial charge on any atom is 0.257 e. The van der Waals surface area contributed by atoms with Crippen LogP contribution in [0.3, 0.4) is 0 Å². The van der Waals surface area contributed by atoms with Crippen LogP contribution in [0.2, 0.25) is 0 Å². The summed E-state index contributed by atoms with van der Waals surface area (Å²) in [5.41, 5.74) is 6.46. The molecule has 0 saturated heterocycles. The molecule has 0 radical (unpaired) electrons. The SMILES string of the molecule is CCOc1ccc(CN(C)C(=O)c2ccccc2OCC(N)=O)cc1. The zero-order valence-electron chi connectivity index (χ0n) is 14.4. The van der Waals surface area contributed by atoms with Crippen molar-refractivity contribution in [1.29, 1.82) is 0 Å². The number of para-hydroxylation sites is 1. The summed E-state index contributed by atoms with van der Waals surface area (Å²) in [5.74, 6) is 0.342. The van der Waals surface area contributed by atoms with E-state index in [1.54, 1.807) is 36.2 Å². The summed E-state index contributed by atoms with van der Waals surface area (Å²) in [5, 5.41) is 0. The molecule has 0 heterocycles. The van der Waals surface area contributed by atoms with Crippen LogP contribution in [0.15, 0.2) is 48.5 Å². The molecule has 0 aromatic heterocycles. The molecule has 25 heavy (non-hydrogen) atoms. The lowest BCUT2D eigenvalue weighted by molar-refractivity contribution is -0.119. The summed E-state index contributed by atoms with van der Waals surface area (Å²) in [6.45, 7) is 2.71. The highest BCUT2D eigenvalue weighted by Gasteiger charge is 2.17. The molecule has 2 amide bonds. The maximum atomic E-state index is 12.7. The summed E-state index contributed by atoms with van der Waals surface area (Å²) >= 11 is 0. The van der Waals surface area contributed by atoms with E-state index in [-0.39, 0.29) is 12.5 Å². The number of amides is 2. The van der Waals surface area contributed by atoms with Gasteiger partial charge in [0, 0.05) is 13.6 Å². The third-order valence-electron chi connectivity index (χ3n) is 3.49. The lowest BCUT2D eigenvalue weighted by Gasteiger charge is -2.19. The summed E-state index contributed by atoms with van der Waals surface area (Å²) in [7, 11) is 1.71. The van der Waals surface area contributed by atoms with Crippen LogP contribution in [0.25, 0.3) is 0 Å². The Hall–Kier alpha value is -3.02. The molecular weight excluding hydrogens is 320 g/mol. The van der Waals surface area contributed by atoms with Gasteiger partial charge >= 0.3 is 0 Å². The Balaban J connectivity index is 2.07. The van der Waals surface area contributed by atoms with Gasteiger partial charge in [-0.05, 0) is 36.8 Å². The molecule has 0 aliphatic carbocycles. The van der Waals surface area contributed by atoms with E-state index in [1.165, 1.54) is 0 Å². The first-order valence-electron chi connectivity index (χ1n) is 7.98. The number of benzene rings is 2. The van der Waals surface area contributed by atoms with Crippen molar-refractivity contribution in [2.24, 2.45) is 5.73 Å². The van der Waals surface area contributed by atoms with Crippen molar-refractivity contribution < 1.29 is 19.1 Å². The van der Waals surface area contributed by atoms with Gasteiger partial charge in [0.2, 0.25) is 0 Å². The molecule has 6 nitrogen and oxygen atoms in total. The fourth-order valence-electron chi connectivity index (χ4n) is 2.33. The van der Waals surface area contributed by atoms with Crippen molar-refractivity contribution in [1.82, 2.24) is 4.90 Å². The van der Waals surface area contributed by atoms with Crippen molar-refractivity contribution in [3.8, 4) is 11.5 Å². The average Bonchev–Trinajstić information content (AvgIpc) is 2.61.